The average molecular weight is 354 g/mol. The van der Waals surface area contributed by atoms with Crippen LogP contribution in [-0.4, -0.2) is 55.8 Å². The standard InChI is InChI=1S/C18H22N6O2/c1-12-9-20-17-7-13(3-6-23(12)17)18(25)24-11-15(26-2)8-14(24)10-22-5-4-16(19)21-22/h3-7,9,14-15H,8,10-11H2,1-2H3,(H2,19,21)/t14-,15+/m0/s1. The molecule has 3 aromatic rings. The highest BCUT2D eigenvalue weighted by atomic mass is 16.5. The van der Waals surface area contributed by atoms with Gasteiger partial charge in [0, 0.05) is 43.5 Å². The summed E-state index contributed by atoms with van der Waals surface area (Å²) in [5.41, 5.74) is 8.14. The first-order valence-corrected chi connectivity index (χ1v) is 8.61. The Labute approximate surface area is 151 Å². The predicted molar refractivity (Wildman–Crippen MR) is 96.8 cm³/mol. The number of carbonyl (C=O) groups is 1. The number of likely N-dealkylation sites (tertiary alicyclic amines) is 1. The minimum Gasteiger partial charge on any atom is -0.382 e. The van der Waals surface area contributed by atoms with Crippen molar-refractivity contribution in [2.24, 2.45) is 0 Å². The summed E-state index contributed by atoms with van der Waals surface area (Å²) >= 11 is 0. The first kappa shape index (κ1) is 16.6. The highest BCUT2D eigenvalue weighted by Crippen LogP contribution is 2.24. The third kappa shape index (κ3) is 2.92. The number of methoxy groups -OCH3 is 1. The maximum Gasteiger partial charge on any atom is 0.254 e. The Bertz CT molecular complexity index is 946. The Morgan fingerprint density at radius 3 is 2.96 bits per heavy atom. The van der Waals surface area contributed by atoms with E-state index < -0.39 is 0 Å². The predicted octanol–water partition coefficient (Wildman–Crippen LogP) is 1.35. The van der Waals surface area contributed by atoms with Gasteiger partial charge in [0.25, 0.3) is 5.91 Å². The number of amides is 1. The molecule has 1 amide bonds. The molecule has 0 aliphatic carbocycles. The van der Waals surface area contributed by atoms with Gasteiger partial charge in [0.2, 0.25) is 0 Å². The molecule has 4 rings (SSSR count). The molecule has 0 saturated carbocycles. The van der Waals surface area contributed by atoms with Gasteiger partial charge in [0.1, 0.15) is 11.5 Å². The Hall–Kier alpha value is -2.87. The number of nitrogens with two attached hydrogens (primary N) is 1. The number of pyridine rings is 1. The van der Waals surface area contributed by atoms with E-state index in [1.54, 1.807) is 24.1 Å². The van der Waals surface area contributed by atoms with Gasteiger partial charge in [-0.05, 0) is 31.5 Å². The first-order valence-electron chi connectivity index (χ1n) is 8.61. The Morgan fingerprint density at radius 1 is 1.38 bits per heavy atom. The van der Waals surface area contributed by atoms with Crippen LogP contribution < -0.4 is 5.73 Å². The van der Waals surface area contributed by atoms with Crippen molar-refractivity contribution < 1.29 is 9.53 Å². The summed E-state index contributed by atoms with van der Waals surface area (Å²) in [7, 11) is 1.68. The van der Waals surface area contributed by atoms with E-state index in [0.29, 0.717) is 24.5 Å². The molecule has 1 saturated heterocycles. The number of anilines is 1. The summed E-state index contributed by atoms with van der Waals surface area (Å²) in [6.45, 7) is 3.14. The zero-order valence-corrected chi connectivity index (χ0v) is 14.9. The highest BCUT2D eigenvalue weighted by Gasteiger charge is 2.36. The van der Waals surface area contributed by atoms with E-state index >= 15 is 0 Å². The van der Waals surface area contributed by atoms with Gasteiger partial charge in [0.15, 0.2) is 0 Å². The fourth-order valence-corrected chi connectivity index (χ4v) is 3.57. The van der Waals surface area contributed by atoms with Gasteiger partial charge < -0.3 is 19.8 Å². The van der Waals surface area contributed by atoms with Crippen molar-refractivity contribution in [3.05, 3.63) is 48.0 Å². The summed E-state index contributed by atoms with van der Waals surface area (Å²) in [5.74, 6) is 0.460. The quantitative estimate of drug-likeness (QED) is 0.764. The van der Waals surface area contributed by atoms with Gasteiger partial charge in [-0.15, -0.1) is 0 Å². The van der Waals surface area contributed by atoms with E-state index in [1.807, 2.05) is 40.8 Å². The highest BCUT2D eigenvalue weighted by molar-refractivity contribution is 5.95. The molecule has 1 aliphatic rings. The van der Waals surface area contributed by atoms with Crippen LogP contribution in [0.5, 0.6) is 0 Å². The molecule has 26 heavy (non-hydrogen) atoms. The Balaban J connectivity index is 1.60. The zero-order valence-electron chi connectivity index (χ0n) is 14.9. The minimum absolute atomic E-state index is 0.00413. The average Bonchev–Trinajstić information content (AvgIpc) is 3.34. The second kappa shape index (κ2) is 6.45. The van der Waals surface area contributed by atoms with E-state index in [1.165, 1.54) is 0 Å². The number of nitrogen functional groups attached to an aromatic ring is 1. The van der Waals surface area contributed by atoms with E-state index in [4.69, 9.17) is 10.5 Å². The van der Waals surface area contributed by atoms with Gasteiger partial charge >= 0.3 is 0 Å². The third-order valence-electron chi connectivity index (χ3n) is 4.97. The van der Waals surface area contributed by atoms with Crippen LogP contribution in [0.2, 0.25) is 0 Å². The molecular formula is C18H22N6O2. The van der Waals surface area contributed by atoms with Gasteiger partial charge in [-0.1, -0.05) is 0 Å². The number of aromatic nitrogens is 4. The zero-order chi connectivity index (χ0) is 18.3. The Kier molecular flexibility index (Phi) is 4.12. The van der Waals surface area contributed by atoms with Gasteiger partial charge in [-0.25, -0.2) is 4.98 Å². The summed E-state index contributed by atoms with van der Waals surface area (Å²) in [4.78, 5) is 19.4. The van der Waals surface area contributed by atoms with Crippen LogP contribution in [0.4, 0.5) is 5.82 Å². The molecule has 0 radical (unpaired) electrons. The summed E-state index contributed by atoms with van der Waals surface area (Å²) < 4.78 is 9.25. The van der Waals surface area contributed by atoms with Crippen molar-refractivity contribution in [2.45, 2.75) is 32.0 Å². The molecule has 136 valence electrons. The third-order valence-corrected chi connectivity index (χ3v) is 4.97. The fourth-order valence-electron chi connectivity index (χ4n) is 3.57. The van der Waals surface area contributed by atoms with Crippen molar-refractivity contribution in [1.82, 2.24) is 24.1 Å². The largest absolute Gasteiger partial charge is 0.382 e. The molecule has 8 heteroatoms. The molecule has 2 N–H and O–H groups in total. The van der Waals surface area contributed by atoms with Crippen LogP contribution >= 0.6 is 0 Å². The van der Waals surface area contributed by atoms with E-state index in [9.17, 15) is 4.79 Å². The van der Waals surface area contributed by atoms with Crippen molar-refractivity contribution in [3.8, 4) is 0 Å². The number of hydrogen-bond donors (Lipinski definition) is 1. The number of aryl methyl sites for hydroxylation is 1. The molecular weight excluding hydrogens is 332 g/mol. The van der Waals surface area contributed by atoms with Gasteiger partial charge in [-0.3, -0.25) is 9.48 Å². The second-order valence-electron chi connectivity index (χ2n) is 6.71. The molecule has 1 aliphatic heterocycles. The molecule has 0 spiro atoms. The Morgan fingerprint density at radius 2 is 2.23 bits per heavy atom. The lowest BCUT2D eigenvalue weighted by atomic mass is 10.1. The number of hydrogen-bond acceptors (Lipinski definition) is 5. The normalized spacial score (nSPS) is 20.2. The van der Waals surface area contributed by atoms with Crippen LogP contribution in [0.3, 0.4) is 0 Å². The lowest BCUT2D eigenvalue weighted by Crippen LogP contribution is -2.38. The van der Waals surface area contributed by atoms with Crippen molar-refractivity contribution in [2.75, 3.05) is 19.4 Å². The van der Waals surface area contributed by atoms with Crippen LogP contribution in [0, 0.1) is 6.92 Å². The molecule has 0 unspecified atom stereocenters. The van der Waals surface area contributed by atoms with Crippen LogP contribution in [0.1, 0.15) is 22.5 Å². The lowest BCUT2D eigenvalue weighted by molar-refractivity contribution is 0.0679. The van der Waals surface area contributed by atoms with E-state index in [0.717, 1.165) is 17.8 Å². The maximum absolute atomic E-state index is 13.1. The topological polar surface area (TPSA) is 90.7 Å². The van der Waals surface area contributed by atoms with Crippen LogP contribution in [0.15, 0.2) is 36.8 Å². The fraction of sp³-hybridized carbons (Fsp3) is 0.389. The molecule has 3 aromatic heterocycles. The van der Waals surface area contributed by atoms with Gasteiger partial charge in [-0.2, -0.15) is 5.10 Å². The monoisotopic (exact) mass is 354 g/mol. The summed E-state index contributed by atoms with van der Waals surface area (Å²) in [6.07, 6.45) is 6.31. The number of ether oxygens (including phenoxy) is 1. The molecule has 8 nitrogen and oxygen atoms in total. The summed E-state index contributed by atoms with van der Waals surface area (Å²) in [5, 5.41) is 4.24. The van der Waals surface area contributed by atoms with E-state index in [2.05, 4.69) is 10.1 Å². The second-order valence-corrected chi connectivity index (χ2v) is 6.71. The molecule has 1 fully saturated rings. The minimum atomic E-state index is -0.0159. The number of nitrogens with zero attached hydrogens (tertiary/aromatic N) is 5. The molecule has 2 atom stereocenters. The van der Waals surface area contributed by atoms with Gasteiger partial charge in [0.05, 0.1) is 18.7 Å². The summed E-state index contributed by atoms with van der Waals surface area (Å²) in [6, 6.07) is 5.43. The number of carbonyl (C=O) groups excluding carboxylic acids is 1. The van der Waals surface area contributed by atoms with Crippen molar-refractivity contribution in [3.63, 3.8) is 0 Å². The number of rotatable bonds is 4. The smallest absolute Gasteiger partial charge is 0.254 e. The SMILES string of the molecule is CO[C@@H]1C[C@@H](Cn2ccc(N)n2)N(C(=O)c2ccn3c(C)cnc3c2)C1. The number of fused-ring (bicyclic) bond motifs is 1. The molecule has 0 bridgehead atoms. The maximum atomic E-state index is 13.1. The first-order chi connectivity index (χ1) is 12.5. The van der Waals surface area contributed by atoms with Crippen molar-refractivity contribution in [1.29, 1.82) is 0 Å². The van der Waals surface area contributed by atoms with Crippen molar-refractivity contribution >= 4 is 17.4 Å². The lowest BCUT2D eigenvalue weighted by Gasteiger charge is -2.24. The number of imidazole rings is 1. The van der Waals surface area contributed by atoms with Crippen LogP contribution in [-0.2, 0) is 11.3 Å². The van der Waals surface area contributed by atoms with Crippen LogP contribution in [0.25, 0.3) is 5.65 Å². The molecule has 4 heterocycles. The molecule has 0 aromatic carbocycles. The van der Waals surface area contributed by atoms with E-state index in [-0.39, 0.29) is 18.1 Å².